The highest BCUT2D eigenvalue weighted by molar-refractivity contribution is 6.48. The number of hydrogen-bond acceptors (Lipinski definition) is 4. The molecule has 0 radical (unpaired) electrons. The summed E-state index contributed by atoms with van der Waals surface area (Å²) < 4.78 is 12.1. The number of benzene rings is 1. The molecule has 6 heteroatoms. The lowest BCUT2D eigenvalue weighted by molar-refractivity contribution is -0.137. The predicted octanol–water partition coefficient (Wildman–Crippen LogP) is 3.42. The number of fused-ring (bicyclic) bond motifs is 1. The number of nitrogens with zero attached hydrogens (tertiary/aromatic N) is 1. The molecule has 1 aliphatic heterocycles. The van der Waals surface area contributed by atoms with Crippen molar-refractivity contribution in [2.24, 2.45) is 0 Å². The van der Waals surface area contributed by atoms with Gasteiger partial charge in [-0.25, -0.2) is 0 Å². The summed E-state index contributed by atoms with van der Waals surface area (Å²) in [6, 6.07) is 11.6. The van der Waals surface area contributed by atoms with Crippen LogP contribution in [0.3, 0.4) is 0 Å². The fourth-order valence-corrected chi connectivity index (χ4v) is 2.87. The quantitative estimate of drug-likeness (QED) is 0.872. The Kier molecular flexibility index (Phi) is 4.14. The summed E-state index contributed by atoms with van der Waals surface area (Å²) in [5.74, 6) is -1.36. The van der Waals surface area contributed by atoms with Crippen LogP contribution in [0.2, 0.25) is 0 Å². The van der Waals surface area contributed by atoms with Crippen LogP contribution >= 0.6 is 0 Å². The molecule has 0 bridgehead atoms. The molecule has 126 valence electrons. The van der Waals surface area contributed by atoms with Crippen LogP contribution in [0.1, 0.15) is 45.6 Å². The molecule has 1 saturated heterocycles. The number of aliphatic carboxylic acids is 1. The molecule has 5 nitrogen and oxygen atoms in total. The summed E-state index contributed by atoms with van der Waals surface area (Å²) in [7, 11) is -0.639. The van der Waals surface area contributed by atoms with Crippen LogP contribution in [-0.4, -0.2) is 34.4 Å². The smallest absolute Gasteiger partial charge is 0.468 e. The number of para-hydroxylation sites is 1. The Labute approximate surface area is 142 Å². The van der Waals surface area contributed by atoms with Crippen molar-refractivity contribution >= 4 is 24.0 Å². The Morgan fingerprint density at radius 2 is 1.75 bits per heavy atom. The minimum absolute atomic E-state index is 0.0951. The monoisotopic (exact) mass is 327 g/mol. The van der Waals surface area contributed by atoms with Gasteiger partial charge in [0.25, 0.3) is 0 Å². The topological polar surface area (TPSA) is 68.7 Å². The SMILES string of the molecule is CC1(C)OB(C(CC(=O)O)c2ccc3ccccc3n2)OC1(C)C. The largest absolute Gasteiger partial charge is 0.481 e. The molecule has 3 rings (SSSR count). The predicted molar refractivity (Wildman–Crippen MR) is 92.8 cm³/mol. The van der Waals surface area contributed by atoms with E-state index in [2.05, 4.69) is 4.98 Å². The van der Waals surface area contributed by atoms with Crippen molar-refractivity contribution in [3.05, 3.63) is 42.1 Å². The molecule has 0 spiro atoms. The Hall–Kier alpha value is -1.92. The van der Waals surface area contributed by atoms with E-state index in [1.807, 2.05) is 64.1 Å². The van der Waals surface area contributed by atoms with Crippen LogP contribution in [-0.2, 0) is 14.1 Å². The van der Waals surface area contributed by atoms with E-state index in [9.17, 15) is 9.90 Å². The van der Waals surface area contributed by atoms with Gasteiger partial charge in [0, 0.05) is 16.9 Å². The summed E-state index contributed by atoms with van der Waals surface area (Å²) in [6.07, 6.45) is -0.0951. The molecule has 2 heterocycles. The van der Waals surface area contributed by atoms with Gasteiger partial charge in [-0.3, -0.25) is 9.78 Å². The molecule has 24 heavy (non-hydrogen) atoms. The van der Waals surface area contributed by atoms with Gasteiger partial charge < -0.3 is 14.4 Å². The third-order valence-electron chi connectivity index (χ3n) is 4.99. The molecule has 1 aromatic heterocycles. The molecule has 0 aliphatic carbocycles. The lowest BCUT2D eigenvalue weighted by Gasteiger charge is -2.32. The second-order valence-electron chi connectivity index (χ2n) is 7.26. The highest BCUT2D eigenvalue weighted by Crippen LogP contribution is 2.41. The first-order valence-corrected chi connectivity index (χ1v) is 8.13. The molecule has 2 aromatic rings. The molecule has 1 atom stereocenters. The summed E-state index contributed by atoms with van der Waals surface area (Å²) in [5.41, 5.74) is 0.493. The van der Waals surface area contributed by atoms with Crippen molar-refractivity contribution in [1.82, 2.24) is 4.98 Å². The van der Waals surface area contributed by atoms with Crippen molar-refractivity contribution in [2.45, 2.75) is 51.1 Å². The molecule has 1 fully saturated rings. The van der Waals surface area contributed by atoms with Crippen LogP contribution in [0.15, 0.2) is 36.4 Å². The fraction of sp³-hybridized carbons (Fsp3) is 0.444. The third-order valence-corrected chi connectivity index (χ3v) is 4.99. The lowest BCUT2D eigenvalue weighted by atomic mass is 9.68. The molecule has 1 N–H and O–H groups in total. The van der Waals surface area contributed by atoms with E-state index in [0.29, 0.717) is 5.69 Å². The summed E-state index contributed by atoms with van der Waals surface area (Å²) >= 11 is 0. The number of aromatic nitrogens is 1. The number of carboxylic acids is 1. The number of rotatable bonds is 4. The average molecular weight is 327 g/mol. The molecule has 1 unspecified atom stereocenters. The molecule has 0 amide bonds. The van der Waals surface area contributed by atoms with Crippen molar-refractivity contribution in [3.8, 4) is 0 Å². The third kappa shape index (κ3) is 3.04. The van der Waals surface area contributed by atoms with Gasteiger partial charge in [-0.05, 0) is 39.8 Å². The zero-order chi connectivity index (χ0) is 17.5. The summed E-state index contributed by atoms with van der Waals surface area (Å²) in [5, 5.41) is 10.4. The van der Waals surface area contributed by atoms with E-state index < -0.39 is 30.1 Å². The van der Waals surface area contributed by atoms with Crippen LogP contribution in [0.4, 0.5) is 0 Å². The molecular weight excluding hydrogens is 305 g/mol. The molecule has 1 aromatic carbocycles. The normalized spacial score (nSPS) is 20.2. The van der Waals surface area contributed by atoms with Gasteiger partial charge in [0.15, 0.2) is 0 Å². The standard InChI is InChI=1S/C18H22BNO4/c1-17(2)18(3,4)24-19(23-17)13(11-16(21)22)15-10-9-12-7-5-6-8-14(12)20-15/h5-10,13H,11H2,1-4H3,(H,21,22). The van der Waals surface area contributed by atoms with E-state index in [-0.39, 0.29) is 6.42 Å². The van der Waals surface area contributed by atoms with E-state index in [1.165, 1.54) is 0 Å². The minimum Gasteiger partial charge on any atom is -0.481 e. The zero-order valence-corrected chi connectivity index (χ0v) is 14.4. The number of carboxylic acid groups (broad SMARTS) is 1. The first-order chi connectivity index (χ1) is 11.2. The second-order valence-corrected chi connectivity index (χ2v) is 7.26. The van der Waals surface area contributed by atoms with Crippen LogP contribution in [0.25, 0.3) is 10.9 Å². The molecule has 1 aliphatic rings. The maximum atomic E-state index is 11.4. The highest BCUT2D eigenvalue weighted by Gasteiger charge is 2.54. The van der Waals surface area contributed by atoms with Gasteiger partial charge in [0.2, 0.25) is 0 Å². The van der Waals surface area contributed by atoms with Gasteiger partial charge in [-0.2, -0.15) is 0 Å². The molecule has 0 saturated carbocycles. The van der Waals surface area contributed by atoms with Gasteiger partial charge >= 0.3 is 13.1 Å². The van der Waals surface area contributed by atoms with Crippen LogP contribution < -0.4 is 0 Å². The summed E-state index contributed by atoms with van der Waals surface area (Å²) in [6.45, 7) is 7.83. The van der Waals surface area contributed by atoms with Gasteiger partial charge in [-0.15, -0.1) is 0 Å². The van der Waals surface area contributed by atoms with E-state index in [1.54, 1.807) is 0 Å². The molecular formula is C18H22BNO4. The van der Waals surface area contributed by atoms with Crippen molar-refractivity contribution in [3.63, 3.8) is 0 Å². The fourth-order valence-electron chi connectivity index (χ4n) is 2.87. The lowest BCUT2D eigenvalue weighted by Crippen LogP contribution is -2.41. The maximum absolute atomic E-state index is 11.4. The number of pyridine rings is 1. The van der Waals surface area contributed by atoms with Crippen molar-refractivity contribution in [2.75, 3.05) is 0 Å². The Morgan fingerprint density at radius 3 is 2.38 bits per heavy atom. The summed E-state index contributed by atoms with van der Waals surface area (Å²) in [4.78, 5) is 16.0. The van der Waals surface area contributed by atoms with E-state index in [0.717, 1.165) is 10.9 Å². The first kappa shape index (κ1) is 16.9. The van der Waals surface area contributed by atoms with Gasteiger partial charge in [0.1, 0.15) is 0 Å². The first-order valence-electron chi connectivity index (χ1n) is 8.13. The number of hydrogen-bond donors (Lipinski definition) is 1. The zero-order valence-electron chi connectivity index (χ0n) is 14.4. The Morgan fingerprint density at radius 1 is 1.12 bits per heavy atom. The highest BCUT2D eigenvalue weighted by atomic mass is 16.7. The van der Waals surface area contributed by atoms with Gasteiger partial charge in [0.05, 0.1) is 23.1 Å². The van der Waals surface area contributed by atoms with Crippen LogP contribution in [0, 0.1) is 0 Å². The van der Waals surface area contributed by atoms with Crippen molar-refractivity contribution in [1.29, 1.82) is 0 Å². The average Bonchev–Trinajstić information content (AvgIpc) is 2.72. The second kappa shape index (κ2) is 5.86. The Bertz CT molecular complexity index is 758. The minimum atomic E-state index is -0.898. The maximum Gasteiger partial charge on any atom is 0.468 e. The Balaban J connectivity index is 1.98. The van der Waals surface area contributed by atoms with Crippen molar-refractivity contribution < 1.29 is 19.2 Å². The van der Waals surface area contributed by atoms with Gasteiger partial charge in [-0.1, -0.05) is 24.3 Å². The van der Waals surface area contributed by atoms with E-state index >= 15 is 0 Å². The van der Waals surface area contributed by atoms with Crippen LogP contribution in [0.5, 0.6) is 0 Å². The number of carbonyl (C=O) groups is 1. The van der Waals surface area contributed by atoms with E-state index in [4.69, 9.17) is 9.31 Å².